The van der Waals surface area contributed by atoms with Gasteiger partial charge in [-0.2, -0.15) is 0 Å². The van der Waals surface area contributed by atoms with E-state index in [0.29, 0.717) is 31.6 Å². The Morgan fingerprint density at radius 2 is 1.75 bits per heavy atom. The van der Waals surface area contributed by atoms with Crippen molar-refractivity contribution in [1.29, 1.82) is 0 Å². The minimum absolute atomic E-state index is 0.0294. The number of carbonyl (C=O) groups is 2. The van der Waals surface area contributed by atoms with Crippen LogP contribution in [0.3, 0.4) is 0 Å². The van der Waals surface area contributed by atoms with E-state index in [9.17, 15) is 18.0 Å². The SMILES string of the molecule is CC(C)N1C(=O)c2ccccc2C(C(=O)NC2COC2)C12CCN(S(=O)(=O)C(C)C)CC2. The Morgan fingerprint density at radius 1 is 1.12 bits per heavy atom. The molecular formula is C23H33N3O5S. The maximum absolute atomic E-state index is 13.7. The molecule has 2 saturated heterocycles. The van der Waals surface area contributed by atoms with Crippen LogP contribution in [0.5, 0.6) is 0 Å². The quantitative estimate of drug-likeness (QED) is 0.717. The van der Waals surface area contributed by atoms with Gasteiger partial charge in [0.2, 0.25) is 15.9 Å². The van der Waals surface area contributed by atoms with Gasteiger partial charge in [0.15, 0.2) is 0 Å². The van der Waals surface area contributed by atoms with Crippen molar-refractivity contribution in [2.45, 2.75) is 69.3 Å². The van der Waals surface area contributed by atoms with Gasteiger partial charge >= 0.3 is 0 Å². The molecule has 0 aliphatic carbocycles. The van der Waals surface area contributed by atoms with Crippen LogP contribution in [-0.4, -0.2) is 78.6 Å². The van der Waals surface area contributed by atoms with Crippen LogP contribution in [-0.2, 0) is 19.6 Å². The first-order valence-electron chi connectivity index (χ1n) is 11.4. The summed E-state index contributed by atoms with van der Waals surface area (Å²) in [6, 6.07) is 7.16. The van der Waals surface area contributed by atoms with Crippen molar-refractivity contribution in [3.63, 3.8) is 0 Å². The highest BCUT2D eigenvalue weighted by Crippen LogP contribution is 2.48. The molecule has 4 rings (SSSR count). The fourth-order valence-corrected chi connectivity index (χ4v) is 6.69. The predicted molar refractivity (Wildman–Crippen MR) is 121 cm³/mol. The van der Waals surface area contributed by atoms with E-state index in [2.05, 4.69) is 5.32 Å². The van der Waals surface area contributed by atoms with Crippen LogP contribution >= 0.6 is 0 Å². The maximum atomic E-state index is 13.7. The minimum Gasteiger partial charge on any atom is -0.377 e. The molecule has 1 aromatic rings. The largest absolute Gasteiger partial charge is 0.377 e. The maximum Gasteiger partial charge on any atom is 0.254 e. The number of carbonyl (C=O) groups excluding carboxylic acids is 2. The molecule has 3 aliphatic rings. The molecular weight excluding hydrogens is 430 g/mol. The Kier molecular flexibility index (Phi) is 6.11. The molecule has 9 heteroatoms. The number of hydrogen-bond donors (Lipinski definition) is 1. The zero-order valence-corrected chi connectivity index (χ0v) is 20.0. The van der Waals surface area contributed by atoms with Crippen molar-refractivity contribution in [2.75, 3.05) is 26.3 Å². The highest BCUT2D eigenvalue weighted by Gasteiger charge is 2.57. The molecule has 1 N–H and O–H groups in total. The molecule has 176 valence electrons. The van der Waals surface area contributed by atoms with Crippen LogP contribution < -0.4 is 5.32 Å². The van der Waals surface area contributed by atoms with Crippen molar-refractivity contribution >= 4 is 21.8 Å². The number of piperidine rings is 1. The minimum atomic E-state index is -3.41. The van der Waals surface area contributed by atoms with Gasteiger partial charge < -0.3 is 15.0 Å². The second-order valence-electron chi connectivity index (χ2n) is 9.63. The summed E-state index contributed by atoms with van der Waals surface area (Å²) in [6.07, 6.45) is 0.826. The number of nitrogens with zero attached hydrogens (tertiary/aromatic N) is 2. The molecule has 0 saturated carbocycles. The van der Waals surface area contributed by atoms with Crippen molar-refractivity contribution in [2.24, 2.45) is 0 Å². The summed E-state index contributed by atoms with van der Waals surface area (Å²) >= 11 is 0. The average Bonchev–Trinajstić information content (AvgIpc) is 2.71. The summed E-state index contributed by atoms with van der Waals surface area (Å²) in [6.45, 7) is 8.82. The van der Waals surface area contributed by atoms with Gasteiger partial charge in [-0.3, -0.25) is 9.59 Å². The van der Waals surface area contributed by atoms with Crippen molar-refractivity contribution in [3.05, 3.63) is 35.4 Å². The van der Waals surface area contributed by atoms with Crippen LogP contribution in [0.1, 0.15) is 62.4 Å². The lowest BCUT2D eigenvalue weighted by molar-refractivity contribution is -0.132. The highest BCUT2D eigenvalue weighted by atomic mass is 32.2. The van der Waals surface area contributed by atoms with Gasteiger partial charge in [0, 0.05) is 24.7 Å². The monoisotopic (exact) mass is 463 g/mol. The summed E-state index contributed by atoms with van der Waals surface area (Å²) in [5, 5.41) is 2.59. The Morgan fingerprint density at radius 3 is 2.28 bits per heavy atom. The van der Waals surface area contributed by atoms with Crippen molar-refractivity contribution in [1.82, 2.24) is 14.5 Å². The summed E-state index contributed by atoms with van der Waals surface area (Å²) in [5.41, 5.74) is 0.499. The number of rotatable bonds is 5. The number of ether oxygens (including phenoxy) is 1. The van der Waals surface area contributed by atoms with Gasteiger partial charge in [-0.1, -0.05) is 18.2 Å². The van der Waals surface area contributed by atoms with E-state index in [4.69, 9.17) is 4.74 Å². The van der Waals surface area contributed by atoms with Gasteiger partial charge in [-0.25, -0.2) is 12.7 Å². The number of benzene rings is 1. The molecule has 0 bridgehead atoms. The Bertz CT molecular complexity index is 995. The van der Waals surface area contributed by atoms with Crippen LogP contribution in [0.15, 0.2) is 24.3 Å². The van der Waals surface area contributed by atoms with Crippen LogP contribution in [0, 0.1) is 0 Å². The molecule has 3 heterocycles. The zero-order chi connectivity index (χ0) is 23.3. The third-order valence-electron chi connectivity index (χ3n) is 7.05. The normalized spacial score (nSPS) is 24.0. The van der Waals surface area contributed by atoms with Crippen LogP contribution in [0.2, 0.25) is 0 Å². The van der Waals surface area contributed by atoms with Crippen molar-refractivity contribution in [3.8, 4) is 0 Å². The fraction of sp³-hybridized carbons (Fsp3) is 0.652. The molecule has 1 spiro atoms. The number of hydrogen-bond acceptors (Lipinski definition) is 5. The molecule has 1 aromatic carbocycles. The van der Waals surface area contributed by atoms with Gasteiger partial charge in [-0.15, -0.1) is 0 Å². The molecule has 8 nitrogen and oxygen atoms in total. The molecule has 1 unspecified atom stereocenters. The van der Waals surface area contributed by atoms with E-state index in [-0.39, 0.29) is 37.0 Å². The Labute approximate surface area is 190 Å². The molecule has 2 amide bonds. The lowest BCUT2D eigenvalue weighted by Crippen LogP contribution is -2.68. The van der Waals surface area contributed by atoms with Crippen molar-refractivity contribution < 1.29 is 22.7 Å². The van der Waals surface area contributed by atoms with E-state index >= 15 is 0 Å². The molecule has 0 aromatic heterocycles. The van der Waals surface area contributed by atoms with Gasteiger partial charge in [0.25, 0.3) is 5.91 Å². The first-order chi connectivity index (χ1) is 15.1. The number of amides is 2. The third kappa shape index (κ3) is 3.64. The van der Waals surface area contributed by atoms with E-state index in [0.717, 1.165) is 5.56 Å². The number of nitrogens with one attached hydrogen (secondary N) is 1. The summed E-state index contributed by atoms with van der Waals surface area (Å²) in [5.74, 6) is -0.779. The molecule has 1 atom stereocenters. The second kappa shape index (κ2) is 8.43. The smallest absolute Gasteiger partial charge is 0.254 e. The Balaban J connectivity index is 1.77. The average molecular weight is 464 g/mol. The van der Waals surface area contributed by atoms with Crippen LogP contribution in [0.4, 0.5) is 0 Å². The number of fused-ring (bicyclic) bond motifs is 1. The van der Waals surface area contributed by atoms with E-state index < -0.39 is 26.7 Å². The van der Waals surface area contributed by atoms with Gasteiger partial charge in [-0.05, 0) is 52.2 Å². The molecule has 32 heavy (non-hydrogen) atoms. The molecule has 2 fully saturated rings. The summed E-state index contributed by atoms with van der Waals surface area (Å²) in [4.78, 5) is 29.1. The topological polar surface area (TPSA) is 96.0 Å². The van der Waals surface area contributed by atoms with E-state index in [1.54, 1.807) is 19.9 Å². The highest BCUT2D eigenvalue weighted by molar-refractivity contribution is 7.89. The van der Waals surface area contributed by atoms with Crippen LogP contribution in [0.25, 0.3) is 0 Å². The van der Waals surface area contributed by atoms with E-state index in [1.807, 2.05) is 36.9 Å². The first-order valence-corrected chi connectivity index (χ1v) is 12.9. The third-order valence-corrected chi connectivity index (χ3v) is 9.32. The van der Waals surface area contributed by atoms with Gasteiger partial charge in [0.1, 0.15) is 0 Å². The summed E-state index contributed by atoms with van der Waals surface area (Å²) < 4.78 is 32.3. The van der Waals surface area contributed by atoms with Gasteiger partial charge in [0.05, 0.1) is 36.0 Å². The standard InChI is InChI=1S/C23H33N3O5S/c1-15(2)26-22(28)19-8-6-5-7-18(19)20(21(27)24-17-13-31-14-17)23(26)9-11-25(12-10-23)32(29,30)16(3)4/h5-8,15-17,20H,9-14H2,1-4H3,(H,24,27). The molecule has 0 radical (unpaired) electrons. The second-order valence-corrected chi connectivity index (χ2v) is 12.1. The predicted octanol–water partition coefficient (Wildman–Crippen LogP) is 1.72. The molecule has 3 aliphatic heterocycles. The lowest BCUT2D eigenvalue weighted by atomic mass is 9.67. The fourth-order valence-electron chi connectivity index (χ4n) is 5.40. The first kappa shape index (κ1) is 23.2. The summed E-state index contributed by atoms with van der Waals surface area (Å²) in [7, 11) is -3.41. The zero-order valence-electron chi connectivity index (χ0n) is 19.2. The number of sulfonamides is 1. The lowest BCUT2D eigenvalue weighted by Gasteiger charge is -2.56. The Hall–Kier alpha value is -1.97. The van der Waals surface area contributed by atoms with E-state index in [1.165, 1.54) is 4.31 Å².